The molecule has 1 aromatic carbocycles. The molecule has 3 aromatic heterocycles. The van der Waals surface area contributed by atoms with E-state index in [0.29, 0.717) is 10.8 Å². The summed E-state index contributed by atoms with van der Waals surface area (Å²) in [6, 6.07) is 8.92. The van der Waals surface area contributed by atoms with Gasteiger partial charge in [0.25, 0.3) is 11.6 Å². The molecule has 0 radical (unpaired) electrons. The Balaban J connectivity index is 1.63. The normalized spacial score (nSPS) is 12.2. The van der Waals surface area contributed by atoms with Crippen molar-refractivity contribution in [2.45, 2.75) is 26.5 Å². The van der Waals surface area contributed by atoms with Crippen LogP contribution in [-0.4, -0.2) is 40.3 Å². The van der Waals surface area contributed by atoms with Gasteiger partial charge in [-0.05, 0) is 37.6 Å². The predicted molar refractivity (Wildman–Crippen MR) is 99.9 cm³/mol. The number of halogens is 1. The maximum absolute atomic E-state index is 12.7. The Labute approximate surface area is 165 Å². The van der Waals surface area contributed by atoms with Crippen molar-refractivity contribution >= 4 is 23.3 Å². The summed E-state index contributed by atoms with van der Waals surface area (Å²) in [6.45, 7) is 4.01. The molecule has 0 saturated heterocycles. The van der Waals surface area contributed by atoms with Crippen LogP contribution in [0, 0.1) is 13.8 Å². The largest absolute Gasteiger partial charge is 0.450 e. The average Bonchev–Trinajstić information content (AvgIpc) is 3.31. The average molecular weight is 398 g/mol. The maximum Gasteiger partial charge on any atom is 0.379 e. The fourth-order valence-electron chi connectivity index (χ4n) is 2.82. The number of ether oxygens (including phenoxy) is 1. The van der Waals surface area contributed by atoms with E-state index in [0.717, 1.165) is 17.0 Å². The van der Waals surface area contributed by atoms with E-state index in [1.165, 1.54) is 10.8 Å². The highest BCUT2D eigenvalue weighted by Crippen LogP contribution is 2.22. The highest BCUT2D eigenvalue weighted by molar-refractivity contribution is 6.30. The van der Waals surface area contributed by atoms with Crippen molar-refractivity contribution in [2.24, 2.45) is 0 Å². The molecule has 0 saturated carbocycles. The van der Waals surface area contributed by atoms with Gasteiger partial charge in [-0.2, -0.15) is 10.1 Å². The summed E-state index contributed by atoms with van der Waals surface area (Å²) in [7, 11) is 0. The molecule has 0 amide bonds. The molecule has 142 valence electrons. The van der Waals surface area contributed by atoms with Crippen LogP contribution in [0.3, 0.4) is 0 Å². The van der Waals surface area contributed by atoms with Gasteiger partial charge >= 0.3 is 5.97 Å². The number of esters is 1. The standard InChI is InChI=1S/C18H16ClN7O2/c1-11-7-12(2)26-18(22-11)23-16(24-26)17(27)28-15(8-25-10-20-9-21-25)13-3-5-14(19)6-4-13/h3-7,9-10,15H,8H2,1-2H3/t15-/m0/s1. The highest BCUT2D eigenvalue weighted by atomic mass is 35.5. The molecule has 4 rings (SSSR count). The fraction of sp³-hybridized carbons (Fsp3) is 0.222. The first-order valence-electron chi connectivity index (χ1n) is 8.49. The lowest BCUT2D eigenvalue weighted by Crippen LogP contribution is -2.18. The van der Waals surface area contributed by atoms with E-state index >= 15 is 0 Å². The second-order valence-electron chi connectivity index (χ2n) is 6.25. The topological polar surface area (TPSA) is 100 Å². The molecular formula is C18H16ClN7O2. The molecule has 0 unspecified atom stereocenters. The van der Waals surface area contributed by atoms with Gasteiger partial charge in [0.1, 0.15) is 18.8 Å². The minimum Gasteiger partial charge on any atom is -0.450 e. The molecule has 0 aliphatic rings. The molecule has 0 fully saturated rings. The SMILES string of the molecule is Cc1cc(C)n2nc(C(=O)O[C@@H](Cn3cncn3)c3ccc(Cl)cc3)nc2n1. The second kappa shape index (κ2) is 7.35. The summed E-state index contributed by atoms with van der Waals surface area (Å²) in [5, 5.41) is 8.89. The Morgan fingerprint density at radius 3 is 2.71 bits per heavy atom. The van der Waals surface area contributed by atoms with E-state index in [1.54, 1.807) is 35.3 Å². The second-order valence-corrected chi connectivity index (χ2v) is 6.69. The smallest absolute Gasteiger partial charge is 0.379 e. The lowest BCUT2D eigenvalue weighted by atomic mass is 10.1. The van der Waals surface area contributed by atoms with E-state index < -0.39 is 12.1 Å². The van der Waals surface area contributed by atoms with Gasteiger partial charge in [0.05, 0.1) is 6.54 Å². The first kappa shape index (κ1) is 18.1. The van der Waals surface area contributed by atoms with E-state index in [-0.39, 0.29) is 12.4 Å². The molecule has 0 spiro atoms. The summed E-state index contributed by atoms with van der Waals surface area (Å²) < 4.78 is 8.79. The Bertz CT molecular complexity index is 1120. The Morgan fingerprint density at radius 1 is 1.21 bits per heavy atom. The van der Waals surface area contributed by atoms with Crippen LogP contribution < -0.4 is 0 Å². The fourth-order valence-corrected chi connectivity index (χ4v) is 2.95. The summed E-state index contributed by atoms with van der Waals surface area (Å²) in [5.74, 6) is -0.356. The van der Waals surface area contributed by atoms with Crippen molar-refractivity contribution in [2.75, 3.05) is 0 Å². The number of aromatic nitrogens is 7. The van der Waals surface area contributed by atoms with E-state index in [9.17, 15) is 4.79 Å². The van der Waals surface area contributed by atoms with Crippen molar-refractivity contribution in [3.8, 4) is 0 Å². The third-order valence-corrected chi connectivity index (χ3v) is 4.36. The van der Waals surface area contributed by atoms with Gasteiger partial charge in [-0.25, -0.2) is 24.0 Å². The van der Waals surface area contributed by atoms with Gasteiger partial charge in [-0.1, -0.05) is 23.7 Å². The Kier molecular flexibility index (Phi) is 4.74. The first-order chi connectivity index (χ1) is 13.5. The van der Waals surface area contributed by atoms with Crippen LogP contribution in [0.4, 0.5) is 0 Å². The van der Waals surface area contributed by atoms with Crippen LogP contribution in [0.5, 0.6) is 0 Å². The van der Waals surface area contributed by atoms with E-state index in [2.05, 4.69) is 25.1 Å². The van der Waals surface area contributed by atoms with Crippen molar-refractivity contribution < 1.29 is 9.53 Å². The molecule has 28 heavy (non-hydrogen) atoms. The molecular weight excluding hydrogens is 382 g/mol. The molecule has 1 atom stereocenters. The highest BCUT2D eigenvalue weighted by Gasteiger charge is 2.23. The molecule has 0 bridgehead atoms. The van der Waals surface area contributed by atoms with Crippen molar-refractivity contribution in [1.82, 2.24) is 34.3 Å². The number of rotatable bonds is 5. The number of benzene rings is 1. The summed E-state index contributed by atoms with van der Waals surface area (Å²) in [5.41, 5.74) is 2.38. The van der Waals surface area contributed by atoms with Gasteiger partial charge in [0.2, 0.25) is 0 Å². The van der Waals surface area contributed by atoms with Gasteiger partial charge in [0.15, 0.2) is 0 Å². The molecule has 0 aliphatic heterocycles. The zero-order valence-electron chi connectivity index (χ0n) is 15.2. The van der Waals surface area contributed by atoms with Crippen molar-refractivity contribution in [3.63, 3.8) is 0 Å². The van der Waals surface area contributed by atoms with Crippen LogP contribution in [0.2, 0.25) is 5.02 Å². The number of fused-ring (bicyclic) bond motifs is 1. The minimum atomic E-state index is -0.650. The number of hydrogen-bond donors (Lipinski definition) is 0. The number of carbonyl (C=O) groups is 1. The summed E-state index contributed by atoms with van der Waals surface area (Å²) in [4.78, 5) is 25.1. The Morgan fingerprint density at radius 2 is 2.00 bits per heavy atom. The third kappa shape index (κ3) is 3.70. The van der Waals surface area contributed by atoms with Crippen LogP contribution in [0.15, 0.2) is 43.0 Å². The van der Waals surface area contributed by atoms with E-state index in [4.69, 9.17) is 16.3 Å². The van der Waals surface area contributed by atoms with Gasteiger partial charge in [0, 0.05) is 16.4 Å². The zero-order valence-corrected chi connectivity index (χ0v) is 15.9. The first-order valence-corrected chi connectivity index (χ1v) is 8.87. The van der Waals surface area contributed by atoms with Crippen LogP contribution in [0.25, 0.3) is 5.78 Å². The molecule has 9 nitrogen and oxygen atoms in total. The van der Waals surface area contributed by atoms with Gasteiger partial charge < -0.3 is 4.74 Å². The maximum atomic E-state index is 12.7. The monoisotopic (exact) mass is 397 g/mol. The molecule has 10 heteroatoms. The van der Waals surface area contributed by atoms with Gasteiger partial charge in [-0.3, -0.25) is 0 Å². The number of carbonyl (C=O) groups excluding carboxylic acids is 1. The minimum absolute atomic E-state index is 0.0567. The van der Waals surface area contributed by atoms with Crippen molar-refractivity contribution in [3.05, 3.63) is 70.8 Å². The molecule has 0 aliphatic carbocycles. The van der Waals surface area contributed by atoms with Crippen LogP contribution in [-0.2, 0) is 11.3 Å². The molecule has 3 heterocycles. The summed E-state index contributed by atoms with van der Waals surface area (Å²) in [6.07, 6.45) is 2.35. The number of nitrogens with zero attached hydrogens (tertiary/aromatic N) is 7. The Hall–Kier alpha value is -3.33. The summed E-state index contributed by atoms with van der Waals surface area (Å²) >= 11 is 5.97. The van der Waals surface area contributed by atoms with Crippen molar-refractivity contribution in [1.29, 1.82) is 0 Å². The quantitative estimate of drug-likeness (QED) is 0.477. The van der Waals surface area contributed by atoms with Gasteiger partial charge in [-0.15, -0.1) is 5.10 Å². The lowest BCUT2D eigenvalue weighted by molar-refractivity contribution is 0.0232. The lowest BCUT2D eigenvalue weighted by Gasteiger charge is -2.17. The molecule has 4 aromatic rings. The number of hydrogen-bond acceptors (Lipinski definition) is 7. The van der Waals surface area contributed by atoms with E-state index in [1.807, 2.05) is 19.9 Å². The predicted octanol–water partition coefficient (Wildman–Crippen LogP) is 2.58. The van der Waals surface area contributed by atoms with Crippen LogP contribution in [0.1, 0.15) is 33.7 Å². The third-order valence-electron chi connectivity index (χ3n) is 4.11. The molecule has 0 N–H and O–H groups in total. The number of aryl methyl sites for hydroxylation is 2. The zero-order chi connectivity index (χ0) is 19.7. The van der Waals surface area contributed by atoms with Crippen LogP contribution >= 0.6 is 11.6 Å².